The molecule has 0 aliphatic heterocycles. The number of nitrogens with one attached hydrogen (secondary N) is 1. The van der Waals surface area contributed by atoms with Crippen LogP contribution in [0.4, 0.5) is 0 Å². The maximum absolute atomic E-state index is 5.89. The largest absolute Gasteiger partial charge is 0.271 e. The molecule has 0 saturated heterocycles. The van der Waals surface area contributed by atoms with Crippen molar-refractivity contribution in [1.29, 1.82) is 0 Å². The summed E-state index contributed by atoms with van der Waals surface area (Å²) in [4.78, 5) is 0. The van der Waals surface area contributed by atoms with Gasteiger partial charge in [0.25, 0.3) is 0 Å². The van der Waals surface area contributed by atoms with Crippen molar-refractivity contribution < 1.29 is 0 Å². The first-order valence-corrected chi connectivity index (χ1v) is 8.88. The molecule has 0 amide bonds. The lowest BCUT2D eigenvalue weighted by atomic mass is 9.39. The third-order valence-electron chi connectivity index (χ3n) is 6.97. The van der Waals surface area contributed by atoms with Crippen LogP contribution < -0.4 is 11.3 Å². The van der Waals surface area contributed by atoms with Gasteiger partial charge in [-0.3, -0.25) is 11.3 Å². The molecule has 3 unspecified atom stereocenters. The molecule has 2 heteroatoms. The summed E-state index contributed by atoms with van der Waals surface area (Å²) < 4.78 is 0. The Morgan fingerprint density at radius 1 is 1.05 bits per heavy atom. The van der Waals surface area contributed by atoms with Crippen LogP contribution in [0.1, 0.15) is 78.1 Å². The van der Waals surface area contributed by atoms with E-state index in [1.807, 2.05) is 0 Å². The van der Waals surface area contributed by atoms with Gasteiger partial charge in [0.15, 0.2) is 0 Å². The van der Waals surface area contributed by atoms with Crippen molar-refractivity contribution in [2.45, 2.75) is 84.1 Å². The summed E-state index contributed by atoms with van der Waals surface area (Å²) in [6.07, 6.45) is 14.5. The molecule has 5 saturated carbocycles. The number of hydrazine groups is 1. The molecule has 0 spiro atoms. The molecule has 0 heterocycles. The molecule has 0 aromatic rings. The van der Waals surface area contributed by atoms with Gasteiger partial charge in [-0.1, -0.05) is 26.7 Å². The van der Waals surface area contributed by atoms with E-state index in [1.54, 1.807) is 0 Å². The third kappa shape index (κ3) is 2.33. The van der Waals surface area contributed by atoms with E-state index in [0.29, 0.717) is 22.3 Å². The Balaban J connectivity index is 1.53. The lowest BCUT2D eigenvalue weighted by Gasteiger charge is -2.66. The molecular weight excluding hydrogens is 244 g/mol. The fourth-order valence-electron chi connectivity index (χ4n) is 7.40. The minimum atomic E-state index is 0.575. The highest BCUT2D eigenvalue weighted by Gasteiger charge is 2.60. The molecule has 0 radical (unpaired) electrons. The van der Waals surface area contributed by atoms with Gasteiger partial charge in [0.2, 0.25) is 0 Å². The highest BCUT2D eigenvalue weighted by atomic mass is 15.2. The second-order valence-electron chi connectivity index (χ2n) is 9.88. The van der Waals surface area contributed by atoms with Gasteiger partial charge in [-0.15, -0.1) is 0 Å². The van der Waals surface area contributed by atoms with Crippen LogP contribution in [-0.2, 0) is 0 Å². The highest BCUT2D eigenvalue weighted by molar-refractivity contribution is 5.11. The Morgan fingerprint density at radius 2 is 1.70 bits per heavy atom. The summed E-state index contributed by atoms with van der Waals surface area (Å²) in [6.45, 7) is 5.16. The van der Waals surface area contributed by atoms with Gasteiger partial charge >= 0.3 is 0 Å². The van der Waals surface area contributed by atoms with Crippen molar-refractivity contribution in [2.75, 3.05) is 0 Å². The molecule has 20 heavy (non-hydrogen) atoms. The molecule has 5 rings (SSSR count). The average Bonchev–Trinajstić information content (AvgIpc) is 3.06. The zero-order chi connectivity index (χ0) is 14.0. The Bertz CT molecular complexity index is 382. The summed E-state index contributed by atoms with van der Waals surface area (Å²) in [6, 6.07) is 0.575. The van der Waals surface area contributed by atoms with Gasteiger partial charge in [0.05, 0.1) is 0 Å². The molecule has 3 atom stereocenters. The molecule has 2 nitrogen and oxygen atoms in total. The summed E-state index contributed by atoms with van der Waals surface area (Å²) in [5, 5.41) is 0. The Morgan fingerprint density at radius 3 is 2.20 bits per heavy atom. The average molecular weight is 276 g/mol. The third-order valence-corrected chi connectivity index (χ3v) is 6.97. The lowest BCUT2D eigenvalue weighted by Crippen LogP contribution is -2.56. The Hall–Kier alpha value is -0.0800. The fourth-order valence-corrected chi connectivity index (χ4v) is 7.40. The van der Waals surface area contributed by atoms with Crippen molar-refractivity contribution in [3.63, 3.8) is 0 Å². The smallest absolute Gasteiger partial charge is 0.0218 e. The van der Waals surface area contributed by atoms with Crippen molar-refractivity contribution in [1.82, 2.24) is 5.43 Å². The van der Waals surface area contributed by atoms with Gasteiger partial charge in [-0.05, 0) is 79.4 Å². The number of rotatable bonds is 5. The molecule has 4 bridgehead atoms. The van der Waals surface area contributed by atoms with E-state index in [2.05, 4.69) is 19.3 Å². The van der Waals surface area contributed by atoms with Crippen molar-refractivity contribution in [2.24, 2.45) is 33.9 Å². The Kier molecular flexibility index (Phi) is 2.87. The van der Waals surface area contributed by atoms with Crippen LogP contribution in [0.2, 0.25) is 0 Å². The van der Waals surface area contributed by atoms with Gasteiger partial charge < -0.3 is 0 Å². The number of nitrogens with two attached hydrogens (primary N) is 1. The minimum absolute atomic E-state index is 0.575. The summed E-state index contributed by atoms with van der Waals surface area (Å²) >= 11 is 0. The van der Waals surface area contributed by atoms with E-state index in [0.717, 1.165) is 11.8 Å². The van der Waals surface area contributed by atoms with Gasteiger partial charge in [0, 0.05) is 6.04 Å². The molecule has 0 aromatic heterocycles. The minimum Gasteiger partial charge on any atom is -0.271 e. The van der Waals surface area contributed by atoms with Crippen LogP contribution in [0.5, 0.6) is 0 Å². The van der Waals surface area contributed by atoms with E-state index in [-0.39, 0.29) is 0 Å². The quantitative estimate of drug-likeness (QED) is 0.588. The van der Waals surface area contributed by atoms with E-state index in [4.69, 9.17) is 5.84 Å². The standard InChI is InChI=1S/C18H32N2/c1-16-6-14-7-17(2,10-16)12-18(8-14,11-16)9-15(20-19)5-13-3-4-13/h13-15,20H,3-12,19H2,1-2H3. The van der Waals surface area contributed by atoms with Crippen LogP contribution >= 0.6 is 0 Å². The lowest BCUT2D eigenvalue weighted by molar-refractivity contribution is -0.150. The van der Waals surface area contributed by atoms with Gasteiger partial charge in [-0.2, -0.15) is 0 Å². The summed E-state index contributed by atoms with van der Waals surface area (Å²) in [5.74, 6) is 7.89. The van der Waals surface area contributed by atoms with Gasteiger partial charge in [0.1, 0.15) is 0 Å². The fraction of sp³-hybridized carbons (Fsp3) is 1.00. The monoisotopic (exact) mass is 276 g/mol. The molecule has 114 valence electrons. The molecule has 0 aromatic carbocycles. The second kappa shape index (κ2) is 4.23. The van der Waals surface area contributed by atoms with E-state index < -0.39 is 0 Å². The first-order chi connectivity index (χ1) is 9.42. The molecule has 5 aliphatic carbocycles. The number of hydrogen-bond acceptors (Lipinski definition) is 2. The first kappa shape index (κ1) is 13.6. The zero-order valence-corrected chi connectivity index (χ0v) is 13.4. The summed E-state index contributed by atoms with van der Waals surface area (Å²) in [5.41, 5.74) is 5.08. The molecule has 5 fully saturated rings. The molecular formula is C18H32N2. The van der Waals surface area contributed by atoms with Crippen molar-refractivity contribution in [3.05, 3.63) is 0 Å². The first-order valence-electron chi connectivity index (χ1n) is 8.88. The van der Waals surface area contributed by atoms with Crippen LogP contribution in [0.3, 0.4) is 0 Å². The van der Waals surface area contributed by atoms with Crippen molar-refractivity contribution in [3.8, 4) is 0 Å². The predicted molar refractivity (Wildman–Crippen MR) is 82.9 cm³/mol. The zero-order valence-electron chi connectivity index (χ0n) is 13.4. The van der Waals surface area contributed by atoms with Gasteiger partial charge in [-0.25, -0.2) is 0 Å². The van der Waals surface area contributed by atoms with Crippen molar-refractivity contribution >= 4 is 0 Å². The maximum atomic E-state index is 5.89. The van der Waals surface area contributed by atoms with Crippen LogP contribution in [0.15, 0.2) is 0 Å². The Labute approximate surface area is 124 Å². The van der Waals surface area contributed by atoms with E-state index in [9.17, 15) is 0 Å². The summed E-state index contributed by atoms with van der Waals surface area (Å²) in [7, 11) is 0. The van der Waals surface area contributed by atoms with Crippen LogP contribution in [0.25, 0.3) is 0 Å². The maximum Gasteiger partial charge on any atom is 0.0218 e. The SMILES string of the molecule is CC12CC3CC(C)(C1)CC(CC(CC1CC1)NN)(C3)C2. The highest BCUT2D eigenvalue weighted by Crippen LogP contribution is 2.70. The molecule has 3 N–H and O–H groups in total. The van der Waals surface area contributed by atoms with E-state index >= 15 is 0 Å². The number of hydrogen-bond donors (Lipinski definition) is 2. The van der Waals surface area contributed by atoms with Crippen LogP contribution in [-0.4, -0.2) is 6.04 Å². The van der Waals surface area contributed by atoms with E-state index in [1.165, 1.54) is 64.2 Å². The second-order valence-corrected chi connectivity index (χ2v) is 9.88. The predicted octanol–water partition coefficient (Wildman–Crippen LogP) is 4.01. The van der Waals surface area contributed by atoms with Crippen LogP contribution in [0, 0.1) is 28.1 Å². The molecule has 5 aliphatic rings. The topological polar surface area (TPSA) is 38.0 Å². The normalized spacial score (nSPS) is 51.5.